The SMILES string of the molecule is Cc1ccsc1C(=O)Nc1nc(-c2ccc3c(c2)OCCO3)cs1. The molecule has 0 spiro atoms. The molecule has 4 rings (SSSR count). The van der Waals surface area contributed by atoms with Gasteiger partial charge in [-0.25, -0.2) is 4.98 Å². The molecule has 2 aromatic heterocycles. The Bertz CT molecular complexity index is 901. The van der Waals surface area contributed by atoms with Crippen molar-refractivity contribution in [2.24, 2.45) is 0 Å². The predicted octanol–water partition coefficient (Wildman–Crippen LogP) is 4.20. The van der Waals surface area contributed by atoms with E-state index in [0.717, 1.165) is 28.3 Å². The molecule has 1 amide bonds. The molecule has 122 valence electrons. The highest BCUT2D eigenvalue weighted by atomic mass is 32.1. The fourth-order valence-corrected chi connectivity index (χ4v) is 3.96. The Kier molecular flexibility index (Phi) is 3.95. The van der Waals surface area contributed by atoms with Gasteiger partial charge in [0.25, 0.3) is 5.91 Å². The molecule has 0 atom stereocenters. The van der Waals surface area contributed by atoms with Crippen LogP contribution in [0, 0.1) is 6.92 Å². The van der Waals surface area contributed by atoms with Gasteiger partial charge in [0.1, 0.15) is 13.2 Å². The maximum atomic E-state index is 12.3. The molecule has 1 aromatic carbocycles. The van der Waals surface area contributed by atoms with Crippen LogP contribution in [0.3, 0.4) is 0 Å². The lowest BCUT2D eigenvalue weighted by atomic mass is 10.1. The highest BCUT2D eigenvalue weighted by molar-refractivity contribution is 7.14. The number of benzene rings is 1. The molecular formula is C17H14N2O3S2. The van der Waals surface area contributed by atoms with Crippen LogP contribution < -0.4 is 14.8 Å². The van der Waals surface area contributed by atoms with Gasteiger partial charge in [0.2, 0.25) is 0 Å². The number of fused-ring (bicyclic) bond motifs is 1. The highest BCUT2D eigenvalue weighted by Gasteiger charge is 2.15. The summed E-state index contributed by atoms with van der Waals surface area (Å²) in [4.78, 5) is 17.5. The Hall–Kier alpha value is -2.38. The molecule has 0 fully saturated rings. The Balaban J connectivity index is 1.54. The molecule has 0 bridgehead atoms. The van der Waals surface area contributed by atoms with Gasteiger partial charge in [-0.15, -0.1) is 22.7 Å². The van der Waals surface area contributed by atoms with Crippen LogP contribution in [-0.2, 0) is 0 Å². The lowest BCUT2D eigenvalue weighted by Gasteiger charge is -2.18. The van der Waals surface area contributed by atoms with Crippen molar-refractivity contribution in [1.82, 2.24) is 4.98 Å². The smallest absolute Gasteiger partial charge is 0.267 e. The number of rotatable bonds is 3. The van der Waals surface area contributed by atoms with Crippen molar-refractivity contribution >= 4 is 33.7 Å². The first kappa shape index (κ1) is 15.2. The van der Waals surface area contributed by atoms with E-state index in [-0.39, 0.29) is 5.91 Å². The number of thiophene rings is 1. The summed E-state index contributed by atoms with van der Waals surface area (Å²) < 4.78 is 11.1. The van der Waals surface area contributed by atoms with Crippen LogP contribution in [0.4, 0.5) is 5.13 Å². The summed E-state index contributed by atoms with van der Waals surface area (Å²) in [5.74, 6) is 1.36. The topological polar surface area (TPSA) is 60.5 Å². The van der Waals surface area contributed by atoms with Gasteiger partial charge >= 0.3 is 0 Å². The number of hydrogen-bond acceptors (Lipinski definition) is 6. The maximum Gasteiger partial charge on any atom is 0.267 e. The minimum absolute atomic E-state index is 0.120. The first-order valence-electron chi connectivity index (χ1n) is 7.42. The predicted molar refractivity (Wildman–Crippen MR) is 95.5 cm³/mol. The van der Waals surface area contributed by atoms with Crippen molar-refractivity contribution < 1.29 is 14.3 Å². The van der Waals surface area contributed by atoms with E-state index in [4.69, 9.17) is 9.47 Å². The second-order valence-electron chi connectivity index (χ2n) is 5.28. The van der Waals surface area contributed by atoms with Gasteiger partial charge in [0.05, 0.1) is 10.6 Å². The number of ether oxygens (including phenoxy) is 2. The molecule has 3 heterocycles. The molecule has 24 heavy (non-hydrogen) atoms. The third kappa shape index (κ3) is 2.88. The van der Waals surface area contributed by atoms with E-state index >= 15 is 0 Å². The number of amides is 1. The quantitative estimate of drug-likeness (QED) is 0.762. The average Bonchev–Trinajstić information content (AvgIpc) is 3.23. The number of anilines is 1. The standard InChI is InChI=1S/C17H14N2O3S2/c1-10-4-7-23-15(10)16(20)19-17-18-12(9-24-17)11-2-3-13-14(8-11)22-6-5-21-13/h2-4,7-9H,5-6H2,1H3,(H,18,19,20). The molecule has 0 saturated heterocycles. The van der Waals surface area contributed by atoms with Gasteiger partial charge in [-0.1, -0.05) is 0 Å². The number of aryl methyl sites for hydroxylation is 1. The van der Waals surface area contributed by atoms with Gasteiger partial charge in [-0.05, 0) is 42.1 Å². The third-order valence-corrected chi connectivity index (χ3v) is 5.40. The van der Waals surface area contributed by atoms with Gasteiger partial charge in [-0.2, -0.15) is 0 Å². The minimum atomic E-state index is -0.120. The van der Waals surface area contributed by atoms with Crippen molar-refractivity contribution in [2.45, 2.75) is 6.92 Å². The number of nitrogens with one attached hydrogen (secondary N) is 1. The summed E-state index contributed by atoms with van der Waals surface area (Å²) in [6, 6.07) is 7.68. The number of thiazole rings is 1. The molecule has 1 aliphatic rings. The van der Waals surface area contributed by atoms with Crippen LogP contribution in [0.15, 0.2) is 35.0 Å². The Labute approximate surface area is 146 Å². The molecule has 0 saturated carbocycles. The van der Waals surface area contributed by atoms with E-state index in [0.29, 0.717) is 23.2 Å². The van der Waals surface area contributed by atoms with Gasteiger partial charge in [-0.3, -0.25) is 10.1 Å². The molecular weight excluding hydrogens is 344 g/mol. The lowest BCUT2D eigenvalue weighted by molar-refractivity contribution is 0.103. The Morgan fingerprint density at radius 3 is 2.79 bits per heavy atom. The lowest BCUT2D eigenvalue weighted by Crippen LogP contribution is -2.15. The fourth-order valence-electron chi connectivity index (χ4n) is 2.43. The molecule has 5 nitrogen and oxygen atoms in total. The van der Waals surface area contributed by atoms with Crippen LogP contribution in [0.1, 0.15) is 15.2 Å². The Morgan fingerprint density at radius 2 is 2.00 bits per heavy atom. The summed E-state index contributed by atoms with van der Waals surface area (Å²) in [6.45, 7) is 3.05. The monoisotopic (exact) mass is 358 g/mol. The first-order valence-corrected chi connectivity index (χ1v) is 9.17. The van der Waals surface area contributed by atoms with E-state index in [1.54, 1.807) is 0 Å². The largest absolute Gasteiger partial charge is 0.486 e. The van der Waals surface area contributed by atoms with Crippen LogP contribution in [0.5, 0.6) is 11.5 Å². The average molecular weight is 358 g/mol. The number of hydrogen-bond donors (Lipinski definition) is 1. The van der Waals surface area contributed by atoms with Gasteiger partial charge < -0.3 is 9.47 Å². The van der Waals surface area contributed by atoms with Crippen LogP contribution >= 0.6 is 22.7 Å². The normalized spacial score (nSPS) is 12.9. The molecule has 3 aromatic rings. The number of nitrogens with zero attached hydrogens (tertiary/aromatic N) is 1. The molecule has 7 heteroatoms. The number of carbonyl (C=O) groups is 1. The zero-order valence-corrected chi connectivity index (χ0v) is 14.5. The van der Waals surface area contributed by atoms with Crippen LogP contribution in [-0.4, -0.2) is 24.1 Å². The number of carbonyl (C=O) groups excluding carboxylic acids is 1. The second-order valence-corrected chi connectivity index (χ2v) is 7.06. The molecule has 0 radical (unpaired) electrons. The molecule has 1 N–H and O–H groups in total. The summed E-state index contributed by atoms with van der Waals surface area (Å²) in [7, 11) is 0. The third-order valence-electron chi connectivity index (χ3n) is 3.63. The van der Waals surface area contributed by atoms with E-state index in [9.17, 15) is 4.79 Å². The van der Waals surface area contributed by atoms with Crippen LogP contribution in [0.2, 0.25) is 0 Å². The molecule has 1 aliphatic heterocycles. The van der Waals surface area contributed by atoms with Crippen molar-refractivity contribution in [3.63, 3.8) is 0 Å². The molecule has 0 aliphatic carbocycles. The summed E-state index contributed by atoms with van der Waals surface area (Å²) in [6.07, 6.45) is 0. The van der Waals surface area contributed by atoms with Gasteiger partial charge in [0.15, 0.2) is 16.6 Å². The summed E-state index contributed by atoms with van der Waals surface area (Å²) in [5.41, 5.74) is 2.71. The van der Waals surface area contributed by atoms with Crippen molar-refractivity contribution in [1.29, 1.82) is 0 Å². The summed E-state index contributed by atoms with van der Waals surface area (Å²) in [5, 5.41) is 7.27. The highest BCUT2D eigenvalue weighted by Crippen LogP contribution is 2.35. The van der Waals surface area contributed by atoms with E-state index < -0.39 is 0 Å². The fraction of sp³-hybridized carbons (Fsp3) is 0.176. The minimum Gasteiger partial charge on any atom is -0.486 e. The van der Waals surface area contributed by atoms with E-state index in [1.807, 2.05) is 41.9 Å². The van der Waals surface area contributed by atoms with Crippen molar-refractivity contribution in [2.75, 3.05) is 18.5 Å². The van der Waals surface area contributed by atoms with E-state index in [1.165, 1.54) is 22.7 Å². The second kappa shape index (κ2) is 6.26. The Morgan fingerprint density at radius 1 is 1.17 bits per heavy atom. The number of aromatic nitrogens is 1. The molecule has 0 unspecified atom stereocenters. The zero-order chi connectivity index (χ0) is 16.5. The maximum absolute atomic E-state index is 12.3. The van der Waals surface area contributed by atoms with Crippen LogP contribution in [0.25, 0.3) is 11.3 Å². The summed E-state index contributed by atoms with van der Waals surface area (Å²) >= 11 is 2.83. The first-order chi connectivity index (χ1) is 11.7. The zero-order valence-electron chi connectivity index (χ0n) is 12.9. The van der Waals surface area contributed by atoms with E-state index in [2.05, 4.69) is 10.3 Å². The van der Waals surface area contributed by atoms with Gasteiger partial charge in [0, 0.05) is 10.9 Å². The van der Waals surface area contributed by atoms with Crippen molar-refractivity contribution in [3.8, 4) is 22.8 Å². The van der Waals surface area contributed by atoms with Crippen molar-refractivity contribution in [3.05, 3.63) is 45.5 Å².